The molecule has 0 atom stereocenters. The smallest absolute Gasteiger partial charge is 0.262 e. The van der Waals surface area contributed by atoms with E-state index in [0.717, 1.165) is 5.56 Å². The first-order valence-corrected chi connectivity index (χ1v) is 9.79. The van der Waals surface area contributed by atoms with Crippen LogP contribution in [0.25, 0.3) is 0 Å². The average molecular weight is 376 g/mol. The van der Waals surface area contributed by atoms with Gasteiger partial charge in [0.15, 0.2) is 0 Å². The van der Waals surface area contributed by atoms with Crippen LogP contribution in [0.15, 0.2) is 47.4 Å². The molecule has 2 aromatic rings. The summed E-state index contributed by atoms with van der Waals surface area (Å²) in [4.78, 5) is 12.4. The van der Waals surface area contributed by atoms with Gasteiger partial charge in [-0.25, -0.2) is 8.42 Å². The molecule has 1 amide bonds. The Labute approximate surface area is 154 Å². The third-order valence-electron chi connectivity index (χ3n) is 3.82. The van der Waals surface area contributed by atoms with Gasteiger partial charge in [0.05, 0.1) is 4.90 Å². The Morgan fingerprint density at radius 2 is 1.88 bits per heavy atom. The molecule has 0 aliphatic heterocycles. The average Bonchev–Trinajstić information content (AvgIpc) is 2.60. The SMILES string of the molecule is COCCCNC(=O)c1cccc(NS(=O)(=O)c2cc(C)ccc2C)c1. The number of carbonyl (C=O) groups excluding carboxylic acids is 1. The lowest BCUT2D eigenvalue weighted by atomic mass is 10.2. The van der Waals surface area contributed by atoms with Crippen LogP contribution in [-0.2, 0) is 14.8 Å². The number of carbonyl (C=O) groups is 1. The van der Waals surface area contributed by atoms with Crippen molar-refractivity contribution in [3.05, 3.63) is 59.2 Å². The monoisotopic (exact) mass is 376 g/mol. The second-order valence-corrected chi connectivity index (χ2v) is 7.71. The molecule has 0 aromatic heterocycles. The van der Waals surface area contributed by atoms with Crippen LogP contribution in [-0.4, -0.2) is 34.6 Å². The van der Waals surface area contributed by atoms with Gasteiger partial charge in [-0.15, -0.1) is 0 Å². The van der Waals surface area contributed by atoms with Crippen LogP contribution in [0, 0.1) is 13.8 Å². The minimum Gasteiger partial charge on any atom is -0.385 e. The van der Waals surface area contributed by atoms with Crippen LogP contribution < -0.4 is 10.0 Å². The summed E-state index contributed by atoms with van der Waals surface area (Å²) in [7, 11) is -2.13. The van der Waals surface area contributed by atoms with Crippen molar-refractivity contribution in [3.8, 4) is 0 Å². The first-order valence-electron chi connectivity index (χ1n) is 8.31. The molecular weight excluding hydrogens is 352 g/mol. The van der Waals surface area contributed by atoms with E-state index in [0.29, 0.717) is 36.4 Å². The molecule has 140 valence electrons. The van der Waals surface area contributed by atoms with Crippen molar-refractivity contribution in [2.45, 2.75) is 25.2 Å². The first-order chi connectivity index (χ1) is 12.3. The minimum atomic E-state index is -3.73. The standard InChI is InChI=1S/C19H24N2O4S/c1-14-8-9-15(2)18(12-14)26(23,24)21-17-7-4-6-16(13-17)19(22)20-10-5-11-25-3/h4,6-9,12-13,21H,5,10-11H2,1-3H3,(H,20,22). The van der Waals surface area contributed by atoms with Gasteiger partial charge in [-0.1, -0.05) is 18.2 Å². The quantitative estimate of drug-likeness (QED) is 0.694. The van der Waals surface area contributed by atoms with E-state index >= 15 is 0 Å². The second-order valence-electron chi connectivity index (χ2n) is 6.06. The molecule has 6 nitrogen and oxygen atoms in total. The highest BCUT2D eigenvalue weighted by atomic mass is 32.2. The number of methoxy groups -OCH3 is 1. The third kappa shape index (κ3) is 5.31. The number of nitrogens with one attached hydrogen (secondary N) is 2. The summed E-state index contributed by atoms with van der Waals surface area (Å²) in [5, 5.41) is 2.78. The Hall–Kier alpha value is -2.38. The molecule has 0 aliphatic carbocycles. The summed E-state index contributed by atoms with van der Waals surface area (Å²) >= 11 is 0. The number of rotatable bonds is 8. The molecule has 2 aromatic carbocycles. The molecule has 0 saturated carbocycles. The zero-order valence-electron chi connectivity index (χ0n) is 15.2. The van der Waals surface area contributed by atoms with Crippen molar-refractivity contribution < 1.29 is 17.9 Å². The number of hydrogen-bond acceptors (Lipinski definition) is 4. The lowest BCUT2D eigenvalue weighted by molar-refractivity contribution is 0.0948. The number of ether oxygens (including phenoxy) is 1. The van der Waals surface area contributed by atoms with E-state index in [-0.39, 0.29) is 10.8 Å². The van der Waals surface area contributed by atoms with Crippen molar-refractivity contribution >= 4 is 21.6 Å². The number of anilines is 1. The van der Waals surface area contributed by atoms with Gasteiger partial charge >= 0.3 is 0 Å². The Bertz CT molecular complexity index is 879. The normalized spacial score (nSPS) is 11.2. The lowest BCUT2D eigenvalue weighted by Crippen LogP contribution is -2.25. The van der Waals surface area contributed by atoms with Crippen LogP contribution in [0.2, 0.25) is 0 Å². The Kier molecular flexibility index (Phi) is 6.76. The van der Waals surface area contributed by atoms with Gasteiger partial charge in [0.2, 0.25) is 0 Å². The lowest BCUT2D eigenvalue weighted by Gasteiger charge is -2.12. The Balaban J connectivity index is 2.15. The van der Waals surface area contributed by atoms with Crippen LogP contribution in [0.1, 0.15) is 27.9 Å². The fraction of sp³-hybridized carbons (Fsp3) is 0.316. The number of amides is 1. The molecule has 0 bridgehead atoms. The highest BCUT2D eigenvalue weighted by Gasteiger charge is 2.17. The van der Waals surface area contributed by atoms with Crippen molar-refractivity contribution in [1.82, 2.24) is 5.32 Å². The number of benzene rings is 2. The Morgan fingerprint density at radius 1 is 1.12 bits per heavy atom. The largest absolute Gasteiger partial charge is 0.385 e. The molecule has 26 heavy (non-hydrogen) atoms. The molecule has 2 N–H and O–H groups in total. The molecule has 0 unspecified atom stereocenters. The highest BCUT2D eigenvalue weighted by Crippen LogP contribution is 2.21. The van der Waals surface area contributed by atoms with E-state index in [1.807, 2.05) is 13.0 Å². The second kappa shape index (κ2) is 8.82. The third-order valence-corrected chi connectivity index (χ3v) is 5.34. The summed E-state index contributed by atoms with van der Waals surface area (Å²) in [6, 6.07) is 11.7. The van der Waals surface area contributed by atoms with Gasteiger partial charge in [0, 0.05) is 31.5 Å². The van der Waals surface area contributed by atoms with Crippen LogP contribution >= 0.6 is 0 Å². The summed E-state index contributed by atoms with van der Waals surface area (Å²) < 4.78 is 32.8. The summed E-state index contributed by atoms with van der Waals surface area (Å²) in [5.41, 5.74) is 2.26. The van der Waals surface area contributed by atoms with E-state index in [1.54, 1.807) is 44.4 Å². The van der Waals surface area contributed by atoms with Gasteiger partial charge in [-0.2, -0.15) is 0 Å². The number of hydrogen-bond donors (Lipinski definition) is 2. The van der Waals surface area contributed by atoms with Gasteiger partial charge in [0.1, 0.15) is 0 Å². The van der Waals surface area contributed by atoms with E-state index in [9.17, 15) is 13.2 Å². The first kappa shape index (κ1) is 19.9. The zero-order valence-corrected chi connectivity index (χ0v) is 16.0. The topological polar surface area (TPSA) is 84.5 Å². The molecule has 0 fully saturated rings. The fourth-order valence-corrected chi connectivity index (χ4v) is 3.83. The van der Waals surface area contributed by atoms with E-state index < -0.39 is 10.0 Å². The van der Waals surface area contributed by atoms with Crippen LogP contribution in [0.3, 0.4) is 0 Å². The molecular formula is C19H24N2O4S. The zero-order chi connectivity index (χ0) is 19.2. The van der Waals surface area contributed by atoms with Gasteiger partial charge in [-0.3, -0.25) is 9.52 Å². The fourth-order valence-electron chi connectivity index (χ4n) is 2.45. The summed E-state index contributed by atoms with van der Waals surface area (Å²) in [5.74, 6) is -0.256. The van der Waals surface area contributed by atoms with E-state index in [1.165, 1.54) is 6.07 Å². The van der Waals surface area contributed by atoms with Crippen molar-refractivity contribution in [2.75, 3.05) is 25.0 Å². The molecule has 2 rings (SSSR count). The Morgan fingerprint density at radius 3 is 2.62 bits per heavy atom. The predicted molar refractivity (Wildman–Crippen MR) is 102 cm³/mol. The maximum atomic E-state index is 12.7. The van der Waals surface area contributed by atoms with Gasteiger partial charge < -0.3 is 10.1 Å². The maximum Gasteiger partial charge on any atom is 0.262 e. The molecule has 0 spiro atoms. The predicted octanol–water partition coefficient (Wildman–Crippen LogP) is 2.87. The molecule has 0 radical (unpaired) electrons. The molecule has 7 heteroatoms. The van der Waals surface area contributed by atoms with Crippen LogP contribution in [0.4, 0.5) is 5.69 Å². The van der Waals surface area contributed by atoms with Gasteiger partial charge in [0.25, 0.3) is 15.9 Å². The summed E-state index contributed by atoms with van der Waals surface area (Å²) in [6.45, 7) is 4.64. The molecule has 0 heterocycles. The van der Waals surface area contributed by atoms with Crippen molar-refractivity contribution in [3.63, 3.8) is 0 Å². The molecule has 0 saturated heterocycles. The van der Waals surface area contributed by atoms with Crippen molar-refractivity contribution in [2.24, 2.45) is 0 Å². The minimum absolute atomic E-state index is 0.229. The summed E-state index contributed by atoms with van der Waals surface area (Å²) in [6.07, 6.45) is 0.710. The number of aryl methyl sites for hydroxylation is 2. The maximum absolute atomic E-state index is 12.7. The highest BCUT2D eigenvalue weighted by molar-refractivity contribution is 7.92. The number of sulfonamides is 1. The van der Waals surface area contributed by atoms with E-state index in [4.69, 9.17) is 4.74 Å². The van der Waals surface area contributed by atoms with E-state index in [2.05, 4.69) is 10.0 Å². The van der Waals surface area contributed by atoms with Gasteiger partial charge in [-0.05, 0) is 55.7 Å². The van der Waals surface area contributed by atoms with Crippen LogP contribution in [0.5, 0.6) is 0 Å². The molecule has 0 aliphatic rings. The van der Waals surface area contributed by atoms with Crippen molar-refractivity contribution in [1.29, 1.82) is 0 Å².